The Morgan fingerprint density at radius 1 is 1.32 bits per heavy atom. The molecule has 1 aromatic rings. The van der Waals surface area contributed by atoms with Crippen LogP contribution in [0.15, 0.2) is 0 Å². The molecule has 0 radical (unpaired) electrons. The minimum atomic E-state index is 0.368. The fourth-order valence-corrected chi connectivity index (χ4v) is 2.62. The van der Waals surface area contributed by atoms with Gasteiger partial charge in [0.2, 0.25) is 0 Å². The summed E-state index contributed by atoms with van der Waals surface area (Å²) in [5, 5.41) is 0. The minimum Gasteiger partial charge on any atom is -0.381 e. The smallest absolute Gasteiger partial charge is 0.134 e. The summed E-state index contributed by atoms with van der Waals surface area (Å²) < 4.78 is 5.53. The summed E-state index contributed by atoms with van der Waals surface area (Å²) in [6, 6.07) is 0. The van der Waals surface area contributed by atoms with Crippen molar-refractivity contribution in [3.05, 3.63) is 22.8 Å². The van der Waals surface area contributed by atoms with Gasteiger partial charge >= 0.3 is 0 Å². The van der Waals surface area contributed by atoms with E-state index in [1.54, 1.807) is 0 Å². The first-order valence-electron chi connectivity index (χ1n) is 7.23. The molecule has 19 heavy (non-hydrogen) atoms. The number of aryl methyl sites for hydroxylation is 2. The molecule has 1 aliphatic heterocycles. The molecule has 0 saturated carbocycles. The van der Waals surface area contributed by atoms with Crippen molar-refractivity contribution < 1.29 is 4.74 Å². The highest BCUT2D eigenvalue weighted by molar-refractivity contribution is 5.25. The maximum atomic E-state index is 5.71. The molecule has 2 rings (SSSR count). The van der Waals surface area contributed by atoms with Gasteiger partial charge in [-0.3, -0.25) is 0 Å². The minimum absolute atomic E-state index is 0.368. The van der Waals surface area contributed by atoms with Crippen LogP contribution in [0.2, 0.25) is 0 Å². The van der Waals surface area contributed by atoms with E-state index in [4.69, 9.17) is 20.4 Å². The predicted molar refractivity (Wildman–Crippen MR) is 76.2 cm³/mol. The fourth-order valence-electron chi connectivity index (χ4n) is 2.62. The molecule has 4 heteroatoms. The molecule has 0 aliphatic carbocycles. The topological polar surface area (TPSA) is 61.0 Å². The molecule has 0 amide bonds. The van der Waals surface area contributed by atoms with Crippen LogP contribution >= 0.6 is 0 Å². The Morgan fingerprint density at radius 2 is 2.00 bits per heavy atom. The molecule has 1 fully saturated rings. The standard InChI is InChI=1S/C15H25N3O/c1-10(8-16)7-14-11(2)17-15(18-12(14)3)13-5-4-6-19-9-13/h10,13H,4-9,16H2,1-3H3. The van der Waals surface area contributed by atoms with Crippen LogP contribution in [0.1, 0.15) is 48.5 Å². The molecule has 2 atom stereocenters. The van der Waals surface area contributed by atoms with E-state index < -0.39 is 0 Å². The second-order valence-electron chi connectivity index (χ2n) is 5.69. The number of nitrogens with two attached hydrogens (primary N) is 1. The number of rotatable bonds is 4. The van der Waals surface area contributed by atoms with Crippen molar-refractivity contribution in [2.75, 3.05) is 19.8 Å². The van der Waals surface area contributed by atoms with E-state index in [0.717, 1.165) is 49.7 Å². The summed E-state index contributed by atoms with van der Waals surface area (Å²) in [5.41, 5.74) is 9.18. The van der Waals surface area contributed by atoms with E-state index in [1.165, 1.54) is 5.56 Å². The summed E-state index contributed by atoms with van der Waals surface area (Å²) in [6.45, 7) is 8.68. The van der Waals surface area contributed by atoms with Crippen LogP contribution in [0.4, 0.5) is 0 Å². The summed E-state index contributed by atoms with van der Waals surface area (Å²) in [5.74, 6) is 1.80. The molecule has 106 valence electrons. The molecule has 1 aliphatic rings. The third-order valence-corrected chi connectivity index (χ3v) is 3.92. The maximum absolute atomic E-state index is 5.71. The van der Waals surface area contributed by atoms with Crippen LogP contribution in [0.25, 0.3) is 0 Å². The van der Waals surface area contributed by atoms with Gasteiger partial charge in [-0.15, -0.1) is 0 Å². The Bertz CT molecular complexity index is 404. The molecular formula is C15H25N3O. The van der Waals surface area contributed by atoms with Gasteiger partial charge in [0.1, 0.15) is 5.82 Å². The highest BCUT2D eigenvalue weighted by atomic mass is 16.5. The second-order valence-corrected chi connectivity index (χ2v) is 5.69. The van der Waals surface area contributed by atoms with Gasteiger partial charge in [0.05, 0.1) is 6.61 Å². The first kappa shape index (κ1) is 14.4. The largest absolute Gasteiger partial charge is 0.381 e. The summed E-state index contributed by atoms with van der Waals surface area (Å²) >= 11 is 0. The number of aromatic nitrogens is 2. The van der Waals surface area contributed by atoms with Gasteiger partial charge in [0.25, 0.3) is 0 Å². The fraction of sp³-hybridized carbons (Fsp3) is 0.733. The second kappa shape index (κ2) is 6.44. The molecule has 2 N–H and O–H groups in total. The molecule has 2 heterocycles. The summed E-state index contributed by atoms with van der Waals surface area (Å²) in [6.07, 6.45) is 3.21. The monoisotopic (exact) mass is 263 g/mol. The lowest BCUT2D eigenvalue weighted by Crippen LogP contribution is -2.20. The highest BCUT2D eigenvalue weighted by Crippen LogP contribution is 2.24. The molecule has 0 bridgehead atoms. The average Bonchev–Trinajstić information content (AvgIpc) is 2.43. The van der Waals surface area contributed by atoms with Crippen molar-refractivity contribution in [2.24, 2.45) is 11.7 Å². The molecule has 1 aromatic heterocycles. The molecule has 2 unspecified atom stereocenters. The van der Waals surface area contributed by atoms with Crippen LogP contribution in [0.5, 0.6) is 0 Å². The summed E-state index contributed by atoms with van der Waals surface area (Å²) in [4.78, 5) is 9.43. The lowest BCUT2D eigenvalue weighted by Gasteiger charge is -2.22. The van der Waals surface area contributed by atoms with E-state index in [9.17, 15) is 0 Å². The van der Waals surface area contributed by atoms with Gasteiger partial charge in [-0.05, 0) is 51.1 Å². The van der Waals surface area contributed by atoms with E-state index in [1.807, 2.05) is 0 Å². The first-order valence-corrected chi connectivity index (χ1v) is 7.23. The highest BCUT2D eigenvalue weighted by Gasteiger charge is 2.21. The van der Waals surface area contributed by atoms with Gasteiger partial charge < -0.3 is 10.5 Å². The van der Waals surface area contributed by atoms with Crippen molar-refractivity contribution in [3.8, 4) is 0 Å². The molecule has 1 saturated heterocycles. The number of hydrogen-bond acceptors (Lipinski definition) is 4. The predicted octanol–water partition coefficient (Wildman–Crippen LogP) is 2.12. The quantitative estimate of drug-likeness (QED) is 0.904. The summed E-state index contributed by atoms with van der Waals surface area (Å²) in [7, 11) is 0. The zero-order valence-electron chi connectivity index (χ0n) is 12.3. The van der Waals surface area contributed by atoms with Gasteiger partial charge in [0.15, 0.2) is 0 Å². The van der Waals surface area contributed by atoms with Gasteiger partial charge in [-0.2, -0.15) is 0 Å². The van der Waals surface area contributed by atoms with E-state index >= 15 is 0 Å². The molecular weight excluding hydrogens is 238 g/mol. The zero-order valence-corrected chi connectivity index (χ0v) is 12.3. The van der Waals surface area contributed by atoms with Crippen molar-refractivity contribution >= 4 is 0 Å². The van der Waals surface area contributed by atoms with Crippen molar-refractivity contribution in [2.45, 2.75) is 46.0 Å². The molecule has 0 spiro atoms. The number of hydrogen-bond donors (Lipinski definition) is 1. The Balaban J connectivity index is 2.20. The third-order valence-electron chi connectivity index (χ3n) is 3.92. The lowest BCUT2D eigenvalue weighted by atomic mass is 9.97. The van der Waals surface area contributed by atoms with Gasteiger partial charge in [0, 0.05) is 23.9 Å². The Kier molecular flexibility index (Phi) is 4.88. The first-order chi connectivity index (χ1) is 9.11. The number of nitrogens with zero attached hydrogens (tertiary/aromatic N) is 2. The molecule has 0 aromatic carbocycles. The maximum Gasteiger partial charge on any atom is 0.134 e. The van der Waals surface area contributed by atoms with Crippen LogP contribution in [0, 0.1) is 19.8 Å². The lowest BCUT2D eigenvalue weighted by molar-refractivity contribution is 0.0779. The Morgan fingerprint density at radius 3 is 2.53 bits per heavy atom. The third kappa shape index (κ3) is 3.51. The van der Waals surface area contributed by atoms with Crippen molar-refractivity contribution in [1.29, 1.82) is 0 Å². The van der Waals surface area contributed by atoms with Crippen molar-refractivity contribution in [1.82, 2.24) is 9.97 Å². The van der Waals surface area contributed by atoms with Crippen LogP contribution in [0.3, 0.4) is 0 Å². The van der Waals surface area contributed by atoms with Crippen LogP contribution in [-0.2, 0) is 11.2 Å². The van der Waals surface area contributed by atoms with E-state index in [2.05, 4.69) is 20.8 Å². The van der Waals surface area contributed by atoms with Gasteiger partial charge in [-0.1, -0.05) is 6.92 Å². The number of ether oxygens (including phenoxy) is 1. The van der Waals surface area contributed by atoms with Gasteiger partial charge in [-0.25, -0.2) is 9.97 Å². The van der Waals surface area contributed by atoms with E-state index in [0.29, 0.717) is 18.4 Å². The Labute approximate surface area is 115 Å². The average molecular weight is 263 g/mol. The van der Waals surface area contributed by atoms with Crippen LogP contribution in [-0.4, -0.2) is 29.7 Å². The van der Waals surface area contributed by atoms with Crippen LogP contribution < -0.4 is 5.73 Å². The molecule has 4 nitrogen and oxygen atoms in total. The van der Waals surface area contributed by atoms with Crippen molar-refractivity contribution in [3.63, 3.8) is 0 Å². The normalized spacial score (nSPS) is 21.4. The zero-order chi connectivity index (χ0) is 13.8. The van der Waals surface area contributed by atoms with E-state index in [-0.39, 0.29) is 0 Å². The SMILES string of the molecule is Cc1nc(C2CCCOC2)nc(C)c1CC(C)CN. The Hall–Kier alpha value is -1.00.